The van der Waals surface area contributed by atoms with Crippen molar-refractivity contribution in [3.8, 4) is 11.5 Å². The van der Waals surface area contributed by atoms with Crippen molar-refractivity contribution in [2.24, 2.45) is 0 Å². The Balaban J connectivity index is 1.81. The second-order valence-corrected chi connectivity index (χ2v) is 6.07. The molecule has 24 heavy (non-hydrogen) atoms. The van der Waals surface area contributed by atoms with Gasteiger partial charge in [-0.15, -0.1) is 0 Å². The van der Waals surface area contributed by atoms with Gasteiger partial charge in [0, 0.05) is 24.4 Å². The van der Waals surface area contributed by atoms with Crippen molar-refractivity contribution >= 4 is 5.91 Å². The fourth-order valence-corrected chi connectivity index (χ4v) is 3.27. The summed E-state index contributed by atoms with van der Waals surface area (Å²) in [5.41, 5.74) is 2.08. The minimum Gasteiger partial charge on any atom is -0.497 e. The smallest absolute Gasteiger partial charge is 0.244 e. The van der Waals surface area contributed by atoms with Crippen LogP contribution in [0.4, 0.5) is 0 Å². The number of benzene rings is 1. The Bertz CT molecular complexity index is 726. The van der Waals surface area contributed by atoms with E-state index in [2.05, 4.69) is 5.10 Å². The largest absolute Gasteiger partial charge is 0.497 e. The van der Waals surface area contributed by atoms with Crippen molar-refractivity contribution in [1.82, 2.24) is 14.7 Å². The highest BCUT2D eigenvalue weighted by molar-refractivity contribution is 5.77. The van der Waals surface area contributed by atoms with Crippen LogP contribution in [0.15, 0.2) is 30.6 Å². The van der Waals surface area contributed by atoms with Crippen LogP contribution in [0.25, 0.3) is 0 Å². The van der Waals surface area contributed by atoms with Crippen molar-refractivity contribution in [2.75, 3.05) is 20.8 Å². The fraction of sp³-hybridized carbons (Fsp3) is 0.444. The van der Waals surface area contributed by atoms with Gasteiger partial charge in [0.2, 0.25) is 5.91 Å². The summed E-state index contributed by atoms with van der Waals surface area (Å²) in [5, 5.41) is 4.21. The zero-order valence-corrected chi connectivity index (χ0v) is 14.4. The third-order valence-electron chi connectivity index (χ3n) is 4.43. The highest BCUT2D eigenvalue weighted by Crippen LogP contribution is 2.38. The molecule has 0 saturated carbocycles. The lowest BCUT2D eigenvalue weighted by molar-refractivity contribution is -0.133. The molecular weight excluding hydrogens is 306 g/mol. The maximum Gasteiger partial charge on any atom is 0.244 e. The number of amides is 1. The Morgan fingerprint density at radius 2 is 2.17 bits per heavy atom. The highest BCUT2D eigenvalue weighted by Gasteiger charge is 2.32. The standard InChI is InChI=1S/C18H23N3O3/c1-13-10-19-20(11-13)12-18(22)21-8-4-5-16(21)15-7-6-14(23-2)9-17(15)24-3/h6-7,9-11,16H,4-5,8,12H2,1-3H3/t16-/m1/s1. The quantitative estimate of drug-likeness (QED) is 0.846. The van der Waals surface area contributed by atoms with Gasteiger partial charge in [0.1, 0.15) is 18.0 Å². The average Bonchev–Trinajstić information content (AvgIpc) is 3.23. The molecule has 1 aromatic carbocycles. The van der Waals surface area contributed by atoms with Crippen LogP contribution in [-0.4, -0.2) is 41.4 Å². The maximum absolute atomic E-state index is 12.7. The third-order valence-corrected chi connectivity index (χ3v) is 4.43. The topological polar surface area (TPSA) is 56.6 Å². The first kappa shape index (κ1) is 16.4. The zero-order chi connectivity index (χ0) is 17.1. The Morgan fingerprint density at radius 1 is 1.33 bits per heavy atom. The SMILES string of the molecule is COc1ccc([C@H]2CCCN2C(=O)Cn2cc(C)cn2)c(OC)c1. The number of ether oxygens (including phenoxy) is 2. The summed E-state index contributed by atoms with van der Waals surface area (Å²) in [5.74, 6) is 1.59. The number of methoxy groups -OCH3 is 2. The van der Waals surface area contributed by atoms with Gasteiger partial charge in [-0.2, -0.15) is 5.10 Å². The summed E-state index contributed by atoms with van der Waals surface area (Å²) in [7, 11) is 3.28. The van der Waals surface area contributed by atoms with Crippen LogP contribution >= 0.6 is 0 Å². The van der Waals surface area contributed by atoms with E-state index in [0.29, 0.717) is 0 Å². The van der Waals surface area contributed by atoms with Gasteiger partial charge in [0.15, 0.2) is 0 Å². The van der Waals surface area contributed by atoms with Gasteiger partial charge in [-0.3, -0.25) is 9.48 Å². The van der Waals surface area contributed by atoms with E-state index in [1.165, 1.54) is 0 Å². The molecule has 6 heteroatoms. The molecule has 128 valence electrons. The normalized spacial score (nSPS) is 17.1. The predicted octanol–water partition coefficient (Wildman–Crippen LogP) is 2.57. The van der Waals surface area contributed by atoms with Crippen LogP contribution in [-0.2, 0) is 11.3 Å². The molecular formula is C18H23N3O3. The van der Waals surface area contributed by atoms with Gasteiger partial charge in [-0.05, 0) is 37.5 Å². The number of aryl methyl sites for hydroxylation is 1. The van der Waals surface area contributed by atoms with E-state index in [9.17, 15) is 4.79 Å². The number of rotatable bonds is 5. The van der Waals surface area contributed by atoms with E-state index in [-0.39, 0.29) is 18.5 Å². The predicted molar refractivity (Wildman–Crippen MR) is 90.2 cm³/mol. The molecule has 2 heterocycles. The molecule has 0 radical (unpaired) electrons. The van der Waals surface area contributed by atoms with Crippen LogP contribution in [0.1, 0.15) is 30.0 Å². The van der Waals surface area contributed by atoms with E-state index in [1.54, 1.807) is 25.1 Å². The van der Waals surface area contributed by atoms with Crippen LogP contribution in [0.2, 0.25) is 0 Å². The summed E-state index contributed by atoms with van der Waals surface area (Å²) < 4.78 is 12.5. The van der Waals surface area contributed by atoms with Crippen molar-refractivity contribution in [2.45, 2.75) is 32.4 Å². The second kappa shape index (κ2) is 6.95. The van der Waals surface area contributed by atoms with Crippen LogP contribution in [0.5, 0.6) is 11.5 Å². The molecule has 6 nitrogen and oxygen atoms in total. The first-order chi connectivity index (χ1) is 11.6. The van der Waals surface area contributed by atoms with Gasteiger partial charge in [-0.25, -0.2) is 0 Å². The van der Waals surface area contributed by atoms with Gasteiger partial charge >= 0.3 is 0 Å². The number of hydrogen-bond acceptors (Lipinski definition) is 4. The number of hydrogen-bond donors (Lipinski definition) is 0. The number of carbonyl (C=O) groups excluding carboxylic acids is 1. The van der Waals surface area contributed by atoms with Crippen molar-refractivity contribution < 1.29 is 14.3 Å². The summed E-state index contributed by atoms with van der Waals surface area (Å²) >= 11 is 0. The Hall–Kier alpha value is -2.50. The van der Waals surface area contributed by atoms with E-state index >= 15 is 0 Å². The Labute approximate surface area is 142 Å². The molecule has 2 aromatic rings. The molecule has 0 bridgehead atoms. The number of nitrogens with zero attached hydrogens (tertiary/aromatic N) is 3. The summed E-state index contributed by atoms with van der Waals surface area (Å²) in [4.78, 5) is 14.7. The Morgan fingerprint density at radius 3 is 2.83 bits per heavy atom. The number of aromatic nitrogens is 2. The average molecular weight is 329 g/mol. The van der Waals surface area contributed by atoms with E-state index in [1.807, 2.05) is 36.2 Å². The van der Waals surface area contributed by atoms with Crippen molar-refractivity contribution in [3.63, 3.8) is 0 Å². The number of carbonyl (C=O) groups is 1. The zero-order valence-electron chi connectivity index (χ0n) is 14.4. The minimum atomic E-state index is 0.0371. The molecule has 3 rings (SSSR count). The molecule has 0 unspecified atom stereocenters. The lowest BCUT2D eigenvalue weighted by Gasteiger charge is -2.26. The molecule has 0 aliphatic carbocycles. The first-order valence-electron chi connectivity index (χ1n) is 8.13. The molecule has 1 aliphatic heterocycles. The molecule has 1 atom stereocenters. The van der Waals surface area contributed by atoms with E-state index < -0.39 is 0 Å². The van der Waals surface area contributed by atoms with Gasteiger partial charge in [0.25, 0.3) is 0 Å². The van der Waals surface area contributed by atoms with Crippen molar-refractivity contribution in [3.05, 3.63) is 41.7 Å². The molecule has 1 aromatic heterocycles. The Kier molecular flexibility index (Phi) is 4.74. The lowest BCUT2D eigenvalue weighted by Crippen LogP contribution is -2.33. The number of likely N-dealkylation sites (tertiary alicyclic amines) is 1. The third kappa shape index (κ3) is 3.22. The summed E-state index contributed by atoms with van der Waals surface area (Å²) in [6.45, 7) is 3.00. The van der Waals surface area contributed by atoms with E-state index in [0.717, 1.165) is 42.0 Å². The molecule has 1 fully saturated rings. The molecule has 1 saturated heterocycles. The molecule has 1 aliphatic rings. The summed E-state index contributed by atoms with van der Waals surface area (Å²) in [6, 6.07) is 5.81. The van der Waals surface area contributed by atoms with Crippen LogP contribution in [0, 0.1) is 6.92 Å². The maximum atomic E-state index is 12.7. The second-order valence-electron chi connectivity index (χ2n) is 6.07. The van der Waals surface area contributed by atoms with Gasteiger partial charge in [-0.1, -0.05) is 0 Å². The minimum absolute atomic E-state index is 0.0371. The van der Waals surface area contributed by atoms with Crippen LogP contribution < -0.4 is 9.47 Å². The molecule has 0 N–H and O–H groups in total. The monoisotopic (exact) mass is 329 g/mol. The van der Waals surface area contributed by atoms with Crippen molar-refractivity contribution in [1.29, 1.82) is 0 Å². The molecule has 1 amide bonds. The van der Waals surface area contributed by atoms with Crippen LogP contribution in [0.3, 0.4) is 0 Å². The van der Waals surface area contributed by atoms with Gasteiger partial charge < -0.3 is 14.4 Å². The first-order valence-corrected chi connectivity index (χ1v) is 8.13. The van der Waals surface area contributed by atoms with Gasteiger partial charge in [0.05, 0.1) is 26.5 Å². The summed E-state index contributed by atoms with van der Waals surface area (Å²) in [6.07, 6.45) is 5.58. The highest BCUT2D eigenvalue weighted by atomic mass is 16.5. The lowest BCUT2D eigenvalue weighted by atomic mass is 10.0. The van der Waals surface area contributed by atoms with E-state index in [4.69, 9.17) is 9.47 Å². The fourth-order valence-electron chi connectivity index (χ4n) is 3.27. The molecule has 0 spiro atoms.